The van der Waals surface area contributed by atoms with Gasteiger partial charge in [-0.2, -0.15) is 0 Å². The quantitative estimate of drug-likeness (QED) is 0.508. The Labute approximate surface area is 188 Å². The van der Waals surface area contributed by atoms with Crippen molar-refractivity contribution in [2.75, 3.05) is 31.6 Å². The SMILES string of the molecule is COc1ccc(CCNC(=O)CN(c2ccccc2)S(=O)(=O)c2ccc(OC)cc2)cc1. The standard InChI is InChI=1S/C24H26N2O5S/c1-30-21-10-8-19(9-11-21)16-17-25-24(27)18-26(20-6-4-3-5-7-20)32(28,29)23-14-12-22(31-2)13-15-23/h3-15H,16-18H2,1-2H3,(H,25,27). The molecule has 0 aliphatic rings. The summed E-state index contributed by atoms with van der Waals surface area (Å²) in [5.74, 6) is 0.922. The largest absolute Gasteiger partial charge is 0.497 e. The van der Waals surface area contributed by atoms with E-state index in [4.69, 9.17) is 9.47 Å². The van der Waals surface area contributed by atoms with Crippen molar-refractivity contribution in [1.82, 2.24) is 5.32 Å². The highest BCUT2D eigenvalue weighted by molar-refractivity contribution is 7.92. The number of nitrogens with one attached hydrogen (secondary N) is 1. The number of carbonyl (C=O) groups excluding carboxylic acids is 1. The van der Waals surface area contributed by atoms with Gasteiger partial charge in [-0.25, -0.2) is 8.42 Å². The Morgan fingerprint density at radius 1 is 0.844 bits per heavy atom. The number of para-hydroxylation sites is 1. The Morgan fingerprint density at radius 2 is 1.41 bits per heavy atom. The van der Waals surface area contributed by atoms with Gasteiger partial charge in [-0.05, 0) is 60.5 Å². The molecule has 8 heteroatoms. The van der Waals surface area contributed by atoms with Crippen LogP contribution in [0.4, 0.5) is 5.69 Å². The summed E-state index contributed by atoms with van der Waals surface area (Å²) in [7, 11) is -0.841. The second-order valence-corrected chi connectivity index (χ2v) is 8.83. The second-order valence-electron chi connectivity index (χ2n) is 6.97. The van der Waals surface area contributed by atoms with E-state index < -0.39 is 10.0 Å². The Kier molecular flexibility index (Phi) is 7.72. The lowest BCUT2D eigenvalue weighted by Gasteiger charge is -2.24. The van der Waals surface area contributed by atoms with Gasteiger partial charge in [0.05, 0.1) is 24.8 Å². The predicted molar refractivity (Wildman–Crippen MR) is 124 cm³/mol. The van der Waals surface area contributed by atoms with Crippen molar-refractivity contribution in [3.05, 3.63) is 84.4 Å². The lowest BCUT2D eigenvalue weighted by molar-refractivity contribution is -0.119. The second kappa shape index (κ2) is 10.7. The summed E-state index contributed by atoms with van der Waals surface area (Å²) >= 11 is 0. The van der Waals surface area contributed by atoms with Gasteiger partial charge in [0.15, 0.2) is 0 Å². The highest BCUT2D eigenvalue weighted by atomic mass is 32.2. The number of hydrogen-bond donors (Lipinski definition) is 1. The molecule has 32 heavy (non-hydrogen) atoms. The third-order valence-corrected chi connectivity index (χ3v) is 6.66. The van der Waals surface area contributed by atoms with Gasteiger partial charge >= 0.3 is 0 Å². The molecule has 0 aliphatic heterocycles. The number of rotatable bonds is 10. The monoisotopic (exact) mass is 454 g/mol. The number of methoxy groups -OCH3 is 2. The minimum Gasteiger partial charge on any atom is -0.497 e. The van der Waals surface area contributed by atoms with Gasteiger partial charge in [0, 0.05) is 6.54 Å². The topological polar surface area (TPSA) is 84.9 Å². The summed E-state index contributed by atoms with van der Waals surface area (Å²) in [6, 6.07) is 22.2. The van der Waals surface area contributed by atoms with Gasteiger partial charge < -0.3 is 14.8 Å². The maximum Gasteiger partial charge on any atom is 0.264 e. The molecule has 0 aromatic heterocycles. The van der Waals surface area contributed by atoms with E-state index in [1.54, 1.807) is 49.6 Å². The van der Waals surface area contributed by atoms with Crippen molar-refractivity contribution in [3.63, 3.8) is 0 Å². The predicted octanol–water partition coefficient (Wildman–Crippen LogP) is 3.26. The van der Waals surface area contributed by atoms with Crippen molar-refractivity contribution in [2.45, 2.75) is 11.3 Å². The molecule has 1 N–H and O–H groups in total. The Hall–Kier alpha value is -3.52. The van der Waals surface area contributed by atoms with Crippen LogP contribution in [0, 0.1) is 0 Å². The van der Waals surface area contributed by atoms with Crippen LogP contribution in [0.1, 0.15) is 5.56 Å². The van der Waals surface area contributed by atoms with E-state index in [9.17, 15) is 13.2 Å². The summed E-state index contributed by atoms with van der Waals surface area (Å²) in [6.45, 7) is 0.0529. The molecule has 0 aliphatic carbocycles. The van der Waals surface area contributed by atoms with E-state index in [0.717, 1.165) is 15.6 Å². The molecule has 0 heterocycles. The first-order chi connectivity index (χ1) is 15.4. The zero-order chi connectivity index (χ0) is 23.0. The molecule has 7 nitrogen and oxygen atoms in total. The molecule has 1 amide bonds. The van der Waals surface area contributed by atoms with Crippen LogP contribution >= 0.6 is 0 Å². The molecule has 3 aromatic carbocycles. The van der Waals surface area contributed by atoms with Crippen molar-refractivity contribution in [3.8, 4) is 11.5 Å². The van der Waals surface area contributed by atoms with Gasteiger partial charge in [-0.3, -0.25) is 9.10 Å². The normalized spacial score (nSPS) is 10.9. The van der Waals surface area contributed by atoms with Gasteiger partial charge in [0.2, 0.25) is 5.91 Å². The fourth-order valence-electron chi connectivity index (χ4n) is 3.11. The molecular formula is C24H26N2O5S. The first-order valence-electron chi connectivity index (χ1n) is 10.1. The summed E-state index contributed by atoms with van der Waals surface area (Å²) in [5.41, 5.74) is 1.45. The first kappa shape index (κ1) is 23.1. The zero-order valence-electron chi connectivity index (χ0n) is 18.0. The third kappa shape index (κ3) is 5.79. The fraction of sp³-hybridized carbons (Fsp3) is 0.208. The highest BCUT2D eigenvalue weighted by Crippen LogP contribution is 2.24. The van der Waals surface area contributed by atoms with Crippen LogP contribution in [-0.2, 0) is 21.2 Å². The molecule has 3 rings (SSSR count). The van der Waals surface area contributed by atoms with Crippen LogP contribution in [-0.4, -0.2) is 41.6 Å². The molecule has 0 spiro atoms. The number of amides is 1. The molecule has 0 unspecified atom stereocenters. The highest BCUT2D eigenvalue weighted by Gasteiger charge is 2.27. The minimum atomic E-state index is -3.96. The number of benzene rings is 3. The summed E-state index contributed by atoms with van der Waals surface area (Å²) in [4.78, 5) is 12.7. The fourth-order valence-corrected chi connectivity index (χ4v) is 4.53. The maximum atomic E-state index is 13.3. The van der Waals surface area contributed by atoms with E-state index in [2.05, 4.69) is 5.32 Å². The molecular weight excluding hydrogens is 428 g/mol. The van der Waals surface area contributed by atoms with Crippen molar-refractivity contribution in [2.24, 2.45) is 0 Å². The first-order valence-corrected chi connectivity index (χ1v) is 11.5. The van der Waals surface area contributed by atoms with Crippen molar-refractivity contribution in [1.29, 1.82) is 0 Å². The number of ether oxygens (including phenoxy) is 2. The van der Waals surface area contributed by atoms with Gasteiger partial charge in [0.25, 0.3) is 10.0 Å². The molecule has 0 saturated heterocycles. The lowest BCUT2D eigenvalue weighted by Crippen LogP contribution is -2.41. The van der Waals surface area contributed by atoms with Crippen LogP contribution in [0.2, 0.25) is 0 Å². The van der Waals surface area contributed by atoms with Gasteiger partial charge in [0.1, 0.15) is 18.0 Å². The van der Waals surface area contributed by atoms with E-state index >= 15 is 0 Å². The third-order valence-electron chi connectivity index (χ3n) is 4.87. The average molecular weight is 455 g/mol. The Bertz CT molecular complexity index is 1120. The average Bonchev–Trinajstić information content (AvgIpc) is 2.83. The van der Waals surface area contributed by atoms with Crippen LogP contribution in [0.5, 0.6) is 11.5 Å². The van der Waals surface area contributed by atoms with E-state index in [-0.39, 0.29) is 17.3 Å². The molecule has 0 radical (unpaired) electrons. The van der Waals surface area contributed by atoms with Crippen molar-refractivity contribution < 1.29 is 22.7 Å². The molecule has 0 saturated carbocycles. The van der Waals surface area contributed by atoms with Crippen LogP contribution in [0.25, 0.3) is 0 Å². The lowest BCUT2D eigenvalue weighted by atomic mass is 10.1. The summed E-state index contributed by atoms with van der Waals surface area (Å²) < 4.78 is 38.0. The Morgan fingerprint density at radius 3 is 1.97 bits per heavy atom. The number of nitrogens with zero attached hydrogens (tertiary/aromatic N) is 1. The number of anilines is 1. The minimum absolute atomic E-state index is 0.0770. The summed E-state index contributed by atoms with van der Waals surface area (Å²) in [5, 5.41) is 2.81. The number of hydrogen-bond acceptors (Lipinski definition) is 5. The maximum absolute atomic E-state index is 13.3. The van der Waals surface area contributed by atoms with Crippen LogP contribution in [0.15, 0.2) is 83.8 Å². The molecule has 0 atom stereocenters. The molecule has 168 valence electrons. The molecule has 3 aromatic rings. The van der Waals surface area contributed by atoms with Gasteiger partial charge in [-0.1, -0.05) is 30.3 Å². The summed E-state index contributed by atoms with van der Waals surface area (Å²) in [6.07, 6.45) is 0.617. The van der Waals surface area contributed by atoms with Gasteiger partial charge in [-0.15, -0.1) is 0 Å². The number of carbonyl (C=O) groups is 1. The van der Waals surface area contributed by atoms with E-state index in [1.165, 1.54) is 19.2 Å². The zero-order valence-corrected chi connectivity index (χ0v) is 18.8. The van der Waals surface area contributed by atoms with E-state index in [1.807, 2.05) is 24.3 Å². The molecule has 0 bridgehead atoms. The molecule has 0 fully saturated rings. The smallest absolute Gasteiger partial charge is 0.264 e. The Balaban J connectivity index is 1.72. The van der Waals surface area contributed by atoms with Crippen LogP contribution < -0.4 is 19.1 Å². The number of sulfonamides is 1. The van der Waals surface area contributed by atoms with Crippen molar-refractivity contribution >= 4 is 21.6 Å². The van der Waals surface area contributed by atoms with Crippen LogP contribution in [0.3, 0.4) is 0 Å². The van der Waals surface area contributed by atoms with E-state index in [0.29, 0.717) is 24.4 Å².